The van der Waals surface area contributed by atoms with Crippen molar-refractivity contribution in [2.24, 2.45) is 5.11 Å². The highest BCUT2D eigenvalue weighted by Gasteiger charge is 2.50. The van der Waals surface area contributed by atoms with E-state index >= 15 is 0 Å². The van der Waals surface area contributed by atoms with Crippen molar-refractivity contribution in [1.29, 1.82) is 0 Å². The molecule has 160 valence electrons. The van der Waals surface area contributed by atoms with Crippen LogP contribution in [-0.2, 0) is 0 Å². The second kappa shape index (κ2) is 10.4. The summed E-state index contributed by atoms with van der Waals surface area (Å²) in [5, 5.41) is 10.0. The first-order valence-electron chi connectivity index (χ1n) is 10.4. The van der Waals surface area contributed by atoms with Gasteiger partial charge in [0.05, 0.1) is 6.20 Å². The molecule has 33 heavy (non-hydrogen) atoms. The first kappa shape index (κ1) is 22.0. The Morgan fingerprint density at radius 1 is 0.697 bits per heavy atom. The van der Waals surface area contributed by atoms with E-state index in [0.717, 1.165) is 15.9 Å². The number of benzene rings is 4. The molecule has 0 radical (unpaired) electrons. The summed E-state index contributed by atoms with van der Waals surface area (Å²) in [4.78, 5) is 16.3. The van der Waals surface area contributed by atoms with Gasteiger partial charge in [-0.2, -0.15) is 0 Å². The molecule has 4 aromatic carbocycles. The maximum Gasteiger partial charge on any atom is 0.258 e. The Balaban J connectivity index is 2.02. The molecule has 1 amide bonds. The van der Waals surface area contributed by atoms with Crippen LogP contribution in [0, 0.1) is 0 Å². The molecule has 0 saturated carbocycles. The highest BCUT2D eigenvalue weighted by atomic mass is 31.2. The molecule has 0 spiro atoms. The summed E-state index contributed by atoms with van der Waals surface area (Å²) in [5.74, 6) is -0.262. The summed E-state index contributed by atoms with van der Waals surface area (Å²) in [5.41, 5.74) is 10.2. The molecule has 0 bridgehead atoms. The number of hydrogen-bond acceptors (Lipinski definition) is 2. The van der Waals surface area contributed by atoms with Crippen molar-refractivity contribution in [2.45, 2.75) is 0 Å². The molecule has 0 atom stereocenters. The third-order valence-electron chi connectivity index (χ3n) is 5.30. The van der Waals surface area contributed by atoms with Gasteiger partial charge in [-0.05, 0) is 54.1 Å². The van der Waals surface area contributed by atoms with Crippen molar-refractivity contribution in [3.8, 4) is 0 Å². The van der Waals surface area contributed by atoms with Crippen LogP contribution in [0.1, 0.15) is 10.4 Å². The summed E-state index contributed by atoms with van der Waals surface area (Å²) >= 11 is 0. The van der Waals surface area contributed by atoms with E-state index in [9.17, 15) is 4.79 Å². The van der Waals surface area contributed by atoms with E-state index < -0.39 is 7.26 Å². The number of rotatable bonds is 7. The molecular formula is C27H22N4OP+. The van der Waals surface area contributed by atoms with E-state index in [-0.39, 0.29) is 5.91 Å². The number of carbonyl (C=O) groups is 1. The minimum absolute atomic E-state index is 0.262. The molecule has 0 heterocycles. The first-order valence-corrected chi connectivity index (χ1v) is 12.2. The molecule has 4 aromatic rings. The van der Waals surface area contributed by atoms with Crippen LogP contribution in [0.2, 0.25) is 0 Å². The number of nitrogens with zero attached hydrogens (tertiary/aromatic N) is 3. The average molecular weight is 449 g/mol. The third kappa shape index (κ3) is 4.56. The van der Waals surface area contributed by atoms with Crippen LogP contribution in [-0.4, -0.2) is 5.91 Å². The van der Waals surface area contributed by atoms with Gasteiger partial charge in [0, 0.05) is 10.5 Å². The molecule has 6 heteroatoms. The van der Waals surface area contributed by atoms with E-state index in [1.54, 1.807) is 12.1 Å². The SMILES string of the molecule is [N-]=[N+]=N/C=C(\NC(=O)c1ccccc1)[P+](c1ccccc1)(c1ccccc1)c1ccccc1. The number of nitrogens with one attached hydrogen (secondary N) is 1. The summed E-state index contributed by atoms with van der Waals surface area (Å²) in [6.45, 7) is 0. The van der Waals surface area contributed by atoms with Crippen LogP contribution >= 0.6 is 7.26 Å². The van der Waals surface area contributed by atoms with Crippen molar-refractivity contribution >= 4 is 29.1 Å². The molecule has 0 aliphatic heterocycles. The first-order chi connectivity index (χ1) is 16.3. The fourth-order valence-corrected chi connectivity index (χ4v) is 7.96. The van der Waals surface area contributed by atoms with Crippen molar-refractivity contribution in [1.82, 2.24) is 5.32 Å². The zero-order valence-corrected chi connectivity index (χ0v) is 18.7. The van der Waals surface area contributed by atoms with Gasteiger partial charge >= 0.3 is 0 Å². The van der Waals surface area contributed by atoms with Crippen LogP contribution < -0.4 is 21.2 Å². The van der Waals surface area contributed by atoms with Crippen molar-refractivity contribution in [2.75, 3.05) is 0 Å². The predicted molar refractivity (Wildman–Crippen MR) is 136 cm³/mol. The Morgan fingerprint density at radius 2 is 1.09 bits per heavy atom. The second-order valence-electron chi connectivity index (χ2n) is 7.22. The van der Waals surface area contributed by atoms with E-state index in [4.69, 9.17) is 5.53 Å². The Bertz CT molecular complexity index is 1190. The molecular weight excluding hydrogens is 427 g/mol. The van der Waals surface area contributed by atoms with Crippen LogP contribution in [0.4, 0.5) is 0 Å². The van der Waals surface area contributed by atoms with Gasteiger partial charge < -0.3 is 0 Å². The maximum absolute atomic E-state index is 13.3. The Hall–Kier alpha value is -4.17. The lowest BCUT2D eigenvalue weighted by atomic mass is 10.2. The van der Waals surface area contributed by atoms with Crippen molar-refractivity contribution in [3.63, 3.8) is 0 Å². The Kier molecular flexibility index (Phi) is 6.96. The summed E-state index contributed by atoms with van der Waals surface area (Å²) < 4.78 is 0. The lowest BCUT2D eigenvalue weighted by Crippen LogP contribution is -2.38. The normalized spacial score (nSPS) is 11.3. The number of amides is 1. The molecule has 0 saturated heterocycles. The molecule has 0 unspecified atom stereocenters. The van der Waals surface area contributed by atoms with Gasteiger partial charge in [-0.25, -0.2) is 0 Å². The van der Waals surface area contributed by atoms with E-state index in [2.05, 4.69) is 51.7 Å². The summed E-state index contributed by atoms with van der Waals surface area (Å²) in [6.07, 6.45) is 1.45. The molecule has 1 N–H and O–H groups in total. The lowest BCUT2D eigenvalue weighted by Gasteiger charge is -2.29. The average Bonchev–Trinajstić information content (AvgIpc) is 2.90. The monoisotopic (exact) mass is 449 g/mol. The smallest absolute Gasteiger partial charge is 0.258 e. The molecule has 0 aromatic heterocycles. The van der Waals surface area contributed by atoms with Crippen molar-refractivity contribution in [3.05, 3.63) is 149 Å². The van der Waals surface area contributed by atoms with Gasteiger partial charge in [-0.1, -0.05) is 77.9 Å². The second-order valence-corrected chi connectivity index (χ2v) is 10.6. The van der Waals surface area contributed by atoms with Gasteiger partial charge in [0.1, 0.15) is 15.9 Å². The largest absolute Gasteiger partial charge is 0.292 e. The third-order valence-corrected chi connectivity index (χ3v) is 9.47. The Morgan fingerprint density at radius 3 is 1.48 bits per heavy atom. The van der Waals surface area contributed by atoms with Gasteiger partial charge in [0.15, 0.2) is 12.7 Å². The number of carbonyl (C=O) groups excluding carboxylic acids is 1. The quantitative estimate of drug-likeness (QED) is 0.171. The summed E-state index contributed by atoms with van der Waals surface area (Å²) in [7, 11) is -2.60. The standard InChI is InChI=1S/C27H21N4OP/c28-31-29-21-26(30-27(32)22-13-5-1-6-14-22)33(23-15-7-2-8-16-23,24-17-9-3-10-18-24)25-19-11-4-12-20-25/h1-21H/p+1/b26-21+. The van der Waals surface area contributed by atoms with Crippen LogP contribution in [0.25, 0.3) is 10.4 Å². The summed E-state index contributed by atoms with van der Waals surface area (Å²) in [6, 6.07) is 39.2. The maximum atomic E-state index is 13.3. The van der Waals surface area contributed by atoms with Crippen molar-refractivity contribution < 1.29 is 4.79 Å². The molecule has 0 fully saturated rings. The van der Waals surface area contributed by atoms with Crippen LogP contribution in [0.5, 0.6) is 0 Å². The minimum atomic E-state index is -2.60. The number of hydrogen-bond donors (Lipinski definition) is 1. The lowest BCUT2D eigenvalue weighted by molar-refractivity contribution is 0.0968. The van der Waals surface area contributed by atoms with E-state index in [1.165, 1.54) is 6.20 Å². The molecule has 0 aliphatic carbocycles. The molecule has 5 nitrogen and oxygen atoms in total. The minimum Gasteiger partial charge on any atom is -0.292 e. The fraction of sp³-hybridized carbons (Fsp3) is 0. The predicted octanol–water partition coefficient (Wildman–Crippen LogP) is 5.52. The van der Waals surface area contributed by atoms with Crippen LogP contribution in [0.3, 0.4) is 0 Å². The van der Waals surface area contributed by atoms with E-state index in [0.29, 0.717) is 11.0 Å². The zero-order valence-electron chi connectivity index (χ0n) is 17.8. The fourth-order valence-electron chi connectivity index (χ4n) is 3.88. The van der Waals surface area contributed by atoms with Gasteiger partial charge in [-0.3, -0.25) is 10.1 Å². The van der Waals surface area contributed by atoms with Gasteiger partial charge in [0.25, 0.3) is 5.91 Å². The highest BCUT2D eigenvalue weighted by Crippen LogP contribution is 2.61. The molecule has 0 aliphatic rings. The molecule has 4 rings (SSSR count). The highest BCUT2D eigenvalue weighted by molar-refractivity contribution is 7.99. The topological polar surface area (TPSA) is 77.9 Å². The number of azide groups is 1. The van der Waals surface area contributed by atoms with Gasteiger partial charge in [0.2, 0.25) is 0 Å². The zero-order chi connectivity index (χ0) is 22.9. The van der Waals surface area contributed by atoms with Crippen LogP contribution in [0.15, 0.2) is 138 Å². The Labute approximate surface area is 193 Å². The van der Waals surface area contributed by atoms with Gasteiger partial charge in [-0.15, -0.1) is 0 Å². The van der Waals surface area contributed by atoms with E-state index in [1.807, 2.05) is 72.8 Å².